The summed E-state index contributed by atoms with van der Waals surface area (Å²) < 4.78 is 17.1. The molecule has 7 rings (SSSR count). The van der Waals surface area contributed by atoms with Crippen LogP contribution in [0.5, 0.6) is 0 Å². The van der Waals surface area contributed by atoms with Gasteiger partial charge in [-0.3, -0.25) is 9.48 Å². The maximum absolute atomic E-state index is 15.2. The van der Waals surface area contributed by atoms with Crippen LogP contribution >= 0.6 is 0 Å². The molecule has 2 aliphatic carbocycles. The first-order chi connectivity index (χ1) is 19.0. The van der Waals surface area contributed by atoms with Crippen LogP contribution in [0.3, 0.4) is 0 Å². The zero-order chi connectivity index (χ0) is 26.7. The number of nitrogen functional groups attached to an aromatic ring is 1. The first-order valence-corrected chi connectivity index (χ1v) is 13.2. The minimum absolute atomic E-state index is 0.00268. The third-order valence-electron chi connectivity index (χ3n) is 7.58. The predicted octanol–water partition coefficient (Wildman–Crippen LogP) is 4.11. The summed E-state index contributed by atoms with van der Waals surface area (Å²) in [4.78, 5) is 28.1. The standard InChI is InChI=1S/C28H27FN8O2/c29-22-11-17(15-4-5-15)10-16-8-9-36(26(39)24(16)22)23-3-1-2-20(21(23)14-38)25-33-27(30)35-28(34-25)32-18-12-31-37(13-18)19-6-7-19/h1-3,10-13,15,19,38H,4-9,14H2,(H3,30,32,33,34,35). The summed E-state index contributed by atoms with van der Waals surface area (Å²) in [7, 11) is 0. The van der Waals surface area contributed by atoms with Gasteiger partial charge in [0.15, 0.2) is 5.82 Å². The maximum atomic E-state index is 15.2. The van der Waals surface area contributed by atoms with Crippen molar-refractivity contribution in [1.29, 1.82) is 0 Å². The molecule has 0 radical (unpaired) electrons. The number of hydrogen-bond donors (Lipinski definition) is 3. The van der Waals surface area contributed by atoms with E-state index in [0.717, 1.165) is 42.5 Å². The van der Waals surface area contributed by atoms with E-state index in [1.54, 1.807) is 24.4 Å². The van der Waals surface area contributed by atoms with E-state index in [4.69, 9.17) is 5.73 Å². The summed E-state index contributed by atoms with van der Waals surface area (Å²) in [6.45, 7) is -0.0132. The Morgan fingerprint density at radius 1 is 1.13 bits per heavy atom. The molecule has 4 N–H and O–H groups in total. The monoisotopic (exact) mass is 526 g/mol. The molecule has 0 unspecified atom stereocenters. The van der Waals surface area contributed by atoms with Gasteiger partial charge in [-0.2, -0.15) is 20.1 Å². The van der Waals surface area contributed by atoms with Crippen LogP contribution in [0.2, 0.25) is 0 Å². The molecule has 0 atom stereocenters. The molecule has 2 fully saturated rings. The fourth-order valence-corrected chi connectivity index (χ4v) is 5.32. The van der Waals surface area contributed by atoms with Crippen LogP contribution in [0.4, 0.5) is 27.7 Å². The highest BCUT2D eigenvalue weighted by Crippen LogP contribution is 2.42. The molecule has 2 aromatic carbocycles. The maximum Gasteiger partial charge on any atom is 0.261 e. The largest absolute Gasteiger partial charge is 0.392 e. The van der Waals surface area contributed by atoms with Crippen LogP contribution < -0.4 is 16.0 Å². The molecule has 4 aromatic rings. The number of amides is 1. The number of aliphatic hydroxyl groups excluding tert-OH is 1. The molecule has 39 heavy (non-hydrogen) atoms. The van der Waals surface area contributed by atoms with E-state index in [-0.39, 0.29) is 29.9 Å². The highest BCUT2D eigenvalue weighted by molar-refractivity contribution is 6.09. The molecule has 0 spiro atoms. The fraction of sp³-hybridized carbons (Fsp3) is 0.321. The number of anilines is 4. The Labute approximate surface area is 223 Å². The van der Waals surface area contributed by atoms with E-state index in [1.165, 1.54) is 11.0 Å². The number of halogens is 1. The SMILES string of the molecule is Nc1nc(Nc2cnn(C3CC3)c2)nc(-c2cccc(N3CCc4cc(C5CC5)cc(F)c4C3=O)c2CO)n1. The summed E-state index contributed by atoms with van der Waals surface area (Å²) >= 11 is 0. The quantitative estimate of drug-likeness (QED) is 0.328. The number of nitrogens with two attached hydrogens (primary N) is 1. The number of carbonyl (C=O) groups is 1. The average molecular weight is 527 g/mol. The Hall–Kier alpha value is -4.38. The minimum atomic E-state index is -0.489. The van der Waals surface area contributed by atoms with Gasteiger partial charge in [-0.15, -0.1) is 0 Å². The third-order valence-corrected chi connectivity index (χ3v) is 7.58. The zero-order valence-corrected chi connectivity index (χ0v) is 21.1. The lowest BCUT2D eigenvalue weighted by atomic mass is 9.93. The van der Waals surface area contributed by atoms with Gasteiger partial charge >= 0.3 is 0 Å². The lowest BCUT2D eigenvalue weighted by Gasteiger charge is -2.31. The van der Waals surface area contributed by atoms with Gasteiger partial charge in [0.2, 0.25) is 11.9 Å². The molecule has 0 bridgehead atoms. The topological polar surface area (TPSA) is 135 Å². The van der Waals surface area contributed by atoms with Crippen molar-refractivity contribution >= 4 is 29.2 Å². The summed E-state index contributed by atoms with van der Waals surface area (Å²) in [5, 5.41) is 17.9. The molecule has 2 aromatic heterocycles. The molecule has 3 aliphatic rings. The molecule has 1 amide bonds. The van der Waals surface area contributed by atoms with Gasteiger partial charge in [0.05, 0.1) is 35.8 Å². The third kappa shape index (κ3) is 4.38. The van der Waals surface area contributed by atoms with Gasteiger partial charge in [0.1, 0.15) is 5.82 Å². The van der Waals surface area contributed by atoms with Crippen molar-refractivity contribution in [3.05, 3.63) is 70.8 Å². The van der Waals surface area contributed by atoms with Crippen molar-refractivity contribution in [2.45, 2.75) is 50.7 Å². The van der Waals surface area contributed by atoms with Gasteiger partial charge < -0.3 is 21.1 Å². The fourth-order valence-electron chi connectivity index (χ4n) is 5.32. The number of fused-ring (bicyclic) bond motifs is 1. The highest BCUT2D eigenvalue weighted by Gasteiger charge is 2.33. The first kappa shape index (κ1) is 23.7. The number of nitrogens with zero attached hydrogens (tertiary/aromatic N) is 6. The molecule has 1 aliphatic heterocycles. The van der Waals surface area contributed by atoms with Gasteiger partial charge in [-0.1, -0.05) is 18.2 Å². The van der Waals surface area contributed by atoms with Crippen molar-refractivity contribution in [2.24, 2.45) is 0 Å². The van der Waals surface area contributed by atoms with E-state index in [0.29, 0.717) is 41.7 Å². The molecule has 0 saturated heterocycles. The average Bonchev–Trinajstić information content (AvgIpc) is 3.86. The lowest BCUT2D eigenvalue weighted by molar-refractivity contribution is 0.0976. The van der Waals surface area contributed by atoms with E-state index >= 15 is 4.39 Å². The summed E-state index contributed by atoms with van der Waals surface area (Å²) in [5.74, 6) is -0.0285. The second-order valence-corrected chi connectivity index (χ2v) is 10.4. The Kier molecular flexibility index (Phi) is 5.55. The molecule has 10 nitrogen and oxygen atoms in total. The van der Waals surface area contributed by atoms with Gasteiger partial charge in [0, 0.05) is 23.9 Å². The Balaban J connectivity index is 1.22. The number of hydrogen-bond acceptors (Lipinski definition) is 8. The second-order valence-electron chi connectivity index (χ2n) is 10.4. The van der Waals surface area contributed by atoms with Gasteiger partial charge in [-0.05, 0) is 61.3 Å². The minimum Gasteiger partial charge on any atom is -0.392 e. The van der Waals surface area contributed by atoms with E-state index in [2.05, 4.69) is 25.4 Å². The Bertz CT molecular complexity index is 1610. The molecule has 2 saturated carbocycles. The van der Waals surface area contributed by atoms with Crippen LogP contribution in [0, 0.1) is 5.82 Å². The van der Waals surface area contributed by atoms with E-state index in [1.807, 2.05) is 16.9 Å². The number of aromatic nitrogens is 5. The molecule has 11 heteroatoms. The van der Waals surface area contributed by atoms with Gasteiger partial charge in [-0.25, -0.2) is 4.39 Å². The van der Waals surface area contributed by atoms with Crippen molar-refractivity contribution in [2.75, 3.05) is 22.5 Å². The second kappa shape index (κ2) is 9.12. The number of benzene rings is 2. The van der Waals surface area contributed by atoms with Gasteiger partial charge in [0.25, 0.3) is 5.91 Å². The van der Waals surface area contributed by atoms with Crippen molar-refractivity contribution in [3.8, 4) is 11.4 Å². The predicted molar refractivity (Wildman–Crippen MR) is 143 cm³/mol. The van der Waals surface area contributed by atoms with Crippen LogP contribution in [0.25, 0.3) is 11.4 Å². The van der Waals surface area contributed by atoms with Crippen LogP contribution in [0.15, 0.2) is 42.7 Å². The normalized spacial score (nSPS) is 16.9. The smallest absolute Gasteiger partial charge is 0.261 e. The van der Waals surface area contributed by atoms with Crippen molar-refractivity contribution < 1.29 is 14.3 Å². The van der Waals surface area contributed by atoms with Crippen LogP contribution in [-0.2, 0) is 13.0 Å². The van der Waals surface area contributed by atoms with Crippen LogP contribution in [0.1, 0.15) is 64.7 Å². The highest BCUT2D eigenvalue weighted by atomic mass is 19.1. The first-order valence-electron chi connectivity index (χ1n) is 13.2. The molecule has 198 valence electrons. The van der Waals surface area contributed by atoms with E-state index < -0.39 is 11.7 Å². The number of rotatable bonds is 7. The molecular weight excluding hydrogens is 499 g/mol. The Morgan fingerprint density at radius 2 is 1.97 bits per heavy atom. The Morgan fingerprint density at radius 3 is 2.74 bits per heavy atom. The van der Waals surface area contributed by atoms with E-state index in [9.17, 15) is 9.90 Å². The summed E-state index contributed by atoms with van der Waals surface area (Å²) in [6.07, 6.45) is 8.47. The van der Waals surface area contributed by atoms with Crippen molar-refractivity contribution in [3.63, 3.8) is 0 Å². The molecular formula is C28H27FN8O2. The number of nitrogens with one attached hydrogen (secondary N) is 1. The number of aliphatic hydroxyl groups is 1. The lowest BCUT2D eigenvalue weighted by Crippen LogP contribution is -2.39. The van der Waals surface area contributed by atoms with Crippen molar-refractivity contribution in [1.82, 2.24) is 24.7 Å². The zero-order valence-electron chi connectivity index (χ0n) is 21.1. The number of carbonyl (C=O) groups excluding carboxylic acids is 1. The van der Waals surface area contributed by atoms with Crippen LogP contribution in [-0.4, -0.2) is 42.3 Å². The summed E-state index contributed by atoms with van der Waals surface area (Å²) in [5.41, 5.74) is 9.99. The molecule has 3 heterocycles. The summed E-state index contributed by atoms with van der Waals surface area (Å²) in [6, 6.07) is 9.16.